The fourth-order valence-corrected chi connectivity index (χ4v) is 1.08. The van der Waals surface area contributed by atoms with E-state index in [-0.39, 0.29) is 12.1 Å². The van der Waals surface area contributed by atoms with Crippen molar-refractivity contribution < 1.29 is 9.53 Å². The van der Waals surface area contributed by atoms with E-state index >= 15 is 0 Å². The zero-order valence-electron chi connectivity index (χ0n) is 7.89. The number of hydrogen-bond donors (Lipinski definition) is 0. The average molecular weight is 158 g/mol. The molecule has 0 heterocycles. The molecule has 0 N–H and O–H groups in total. The quantitative estimate of drug-likeness (QED) is 0.587. The van der Waals surface area contributed by atoms with Gasteiger partial charge in [-0.3, -0.25) is 4.79 Å². The van der Waals surface area contributed by atoms with Gasteiger partial charge in [0, 0.05) is 6.92 Å². The molecule has 0 saturated heterocycles. The minimum Gasteiger partial charge on any atom is -0.462 e. The van der Waals surface area contributed by atoms with Crippen LogP contribution in [-0.2, 0) is 9.53 Å². The highest BCUT2D eigenvalue weighted by Gasteiger charge is 2.15. The molecular formula is C9H18O2. The highest BCUT2D eigenvalue weighted by atomic mass is 16.5. The maximum atomic E-state index is 10.6. The number of rotatable bonds is 4. The van der Waals surface area contributed by atoms with Crippen molar-refractivity contribution in [2.45, 2.75) is 46.6 Å². The van der Waals surface area contributed by atoms with Gasteiger partial charge in [-0.1, -0.05) is 27.2 Å². The molecule has 0 aliphatic rings. The fraction of sp³-hybridized carbons (Fsp3) is 0.889. The van der Waals surface area contributed by atoms with Crippen LogP contribution in [0.25, 0.3) is 0 Å². The summed E-state index contributed by atoms with van der Waals surface area (Å²) in [6.45, 7) is 7.72. The third kappa shape index (κ3) is 4.02. The van der Waals surface area contributed by atoms with Gasteiger partial charge in [0.2, 0.25) is 0 Å². The standard InChI is InChI=1S/C9H18O2/c1-5-7(3)9(6-2)11-8(4)10/h7,9H,5-6H2,1-4H3/t7-,9-/m0/s1. The van der Waals surface area contributed by atoms with Crippen LogP contribution in [0.5, 0.6) is 0 Å². The Labute approximate surface area is 68.9 Å². The van der Waals surface area contributed by atoms with E-state index in [4.69, 9.17) is 4.74 Å². The first kappa shape index (κ1) is 10.5. The van der Waals surface area contributed by atoms with Crippen molar-refractivity contribution >= 4 is 5.97 Å². The minimum atomic E-state index is -0.169. The summed E-state index contributed by atoms with van der Waals surface area (Å²) in [5, 5.41) is 0. The smallest absolute Gasteiger partial charge is 0.302 e. The number of carbonyl (C=O) groups is 1. The SMILES string of the molecule is CC[C@H](OC(C)=O)[C@@H](C)CC. The highest BCUT2D eigenvalue weighted by Crippen LogP contribution is 2.14. The van der Waals surface area contributed by atoms with Gasteiger partial charge >= 0.3 is 5.97 Å². The number of ether oxygens (including phenoxy) is 1. The summed E-state index contributed by atoms with van der Waals surface area (Å²) >= 11 is 0. The lowest BCUT2D eigenvalue weighted by atomic mass is 10.00. The monoisotopic (exact) mass is 158 g/mol. The molecule has 0 aromatic heterocycles. The van der Waals surface area contributed by atoms with Crippen LogP contribution in [0.15, 0.2) is 0 Å². The summed E-state index contributed by atoms with van der Waals surface area (Å²) in [4.78, 5) is 10.6. The van der Waals surface area contributed by atoms with Crippen molar-refractivity contribution in [1.29, 1.82) is 0 Å². The largest absolute Gasteiger partial charge is 0.462 e. The van der Waals surface area contributed by atoms with Gasteiger partial charge in [-0.15, -0.1) is 0 Å². The van der Waals surface area contributed by atoms with Gasteiger partial charge in [0.15, 0.2) is 0 Å². The molecule has 0 radical (unpaired) electrons. The molecular weight excluding hydrogens is 140 g/mol. The van der Waals surface area contributed by atoms with Gasteiger partial charge in [0.25, 0.3) is 0 Å². The molecule has 0 spiro atoms. The Kier molecular flexibility index (Phi) is 4.92. The Bertz CT molecular complexity index is 121. The maximum absolute atomic E-state index is 10.6. The summed E-state index contributed by atoms with van der Waals surface area (Å²) in [6.07, 6.45) is 2.08. The van der Waals surface area contributed by atoms with Crippen LogP contribution in [0, 0.1) is 5.92 Å². The Morgan fingerprint density at radius 3 is 2.18 bits per heavy atom. The Hall–Kier alpha value is -0.530. The molecule has 0 aliphatic carbocycles. The molecule has 0 amide bonds. The van der Waals surface area contributed by atoms with Gasteiger partial charge in [-0.25, -0.2) is 0 Å². The van der Waals surface area contributed by atoms with Crippen LogP contribution in [0.1, 0.15) is 40.5 Å². The zero-order chi connectivity index (χ0) is 8.85. The normalized spacial score (nSPS) is 15.6. The van der Waals surface area contributed by atoms with Crippen molar-refractivity contribution in [2.75, 3.05) is 0 Å². The topological polar surface area (TPSA) is 26.3 Å². The third-order valence-electron chi connectivity index (χ3n) is 2.00. The molecule has 66 valence electrons. The number of esters is 1. The molecule has 0 aromatic rings. The van der Waals surface area contributed by atoms with E-state index in [1.54, 1.807) is 0 Å². The molecule has 11 heavy (non-hydrogen) atoms. The van der Waals surface area contributed by atoms with E-state index in [9.17, 15) is 4.79 Å². The average Bonchev–Trinajstić information content (AvgIpc) is 1.98. The Morgan fingerprint density at radius 2 is 1.91 bits per heavy atom. The number of hydrogen-bond acceptors (Lipinski definition) is 2. The highest BCUT2D eigenvalue weighted by molar-refractivity contribution is 5.66. The second-order valence-corrected chi connectivity index (χ2v) is 2.94. The van der Waals surface area contributed by atoms with Gasteiger partial charge in [-0.05, 0) is 12.3 Å². The summed E-state index contributed by atoms with van der Waals surface area (Å²) in [5.74, 6) is 0.307. The molecule has 0 aliphatic heterocycles. The fourth-order valence-electron chi connectivity index (χ4n) is 1.08. The van der Waals surface area contributed by atoms with Gasteiger partial charge in [-0.2, -0.15) is 0 Å². The van der Waals surface area contributed by atoms with Gasteiger partial charge in [0.05, 0.1) is 0 Å². The van der Waals surface area contributed by atoms with Crippen molar-refractivity contribution in [3.8, 4) is 0 Å². The molecule has 0 saturated carbocycles. The maximum Gasteiger partial charge on any atom is 0.302 e. The summed E-state index contributed by atoms with van der Waals surface area (Å²) in [5.41, 5.74) is 0. The molecule has 2 heteroatoms. The first-order chi connectivity index (χ1) is 5.11. The van der Waals surface area contributed by atoms with Crippen LogP contribution >= 0.6 is 0 Å². The van der Waals surface area contributed by atoms with Gasteiger partial charge in [0.1, 0.15) is 6.10 Å². The molecule has 0 aromatic carbocycles. The predicted octanol–water partition coefficient (Wildman–Crippen LogP) is 2.37. The van der Waals surface area contributed by atoms with E-state index < -0.39 is 0 Å². The van der Waals surface area contributed by atoms with E-state index in [1.807, 2.05) is 6.92 Å². The van der Waals surface area contributed by atoms with E-state index in [1.165, 1.54) is 6.92 Å². The molecule has 0 rings (SSSR count). The van der Waals surface area contributed by atoms with Crippen LogP contribution in [0.3, 0.4) is 0 Å². The van der Waals surface area contributed by atoms with Crippen LogP contribution in [-0.4, -0.2) is 12.1 Å². The van der Waals surface area contributed by atoms with E-state index in [2.05, 4.69) is 13.8 Å². The lowest BCUT2D eigenvalue weighted by molar-refractivity contribution is -0.149. The minimum absolute atomic E-state index is 0.109. The van der Waals surface area contributed by atoms with Crippen LogP contribution in [0.2, 0.25) is 0 Å². The van der Waals surface area contributed by atoms with Crippen LogP contribution < -0.4 is 0 Å². The first-order valence-corrected chi connectivity index (χ1v) is 4.29. The van der Waals surface area contributed by atoms with Gasteiger partial charge < -0.3 is 4.74 Å². The lowest BCUT2D eigenvalue weighted by Gasteiger charge is -2.20. The Morgan fingerprint density at radius 1 is 1.36 bits per heavy atom. The second-order valence-electron chi connectivity index (χ2n) is 2.94. The Balaban J connectivity index is 3.84. The molecule has 0 bridgehead atoms. The first-order valence-electron chi connectivity index (χ1n) is 4.29. The third-order valence-corrected chi connectivity index (χ3v) is 2.00. The summed E-state index contributed by atoms with van der Waals surface area (Å²) in [6, 6.07) is 0. The zero-order valence-corrected chi connectivity index (χ0v) is 7.89. The molecule has 2 atom stereocenters. The van der Waals surface area contributed by atoms with Crippen molar-refractivity contribution in [1.82, 2.24) is 0 Å². The number of carbonyl (C=O) groups excluding carboxylic acids is 1. The van der Waals surface area contributed by atoms with Crippen molar-refractivity contribution in [2.24, 2.45) is 5.92 Å². The van der Waals surface area contributed by atoms with E-state index in [0.29, 0.717) is 5.92 Å². The van der Waals surface area contributed by atoms with Crippen LogP contribution in [0.4, 0.5) is 0 Å². The van der Waals surface area contributed by atoms with Crippen molar-refractivity contribution in [3.05, 3.63) is 0 Å². The second kappa shape index (κ2) is 5.16. The van der Waals surface area contributed by atoms with E-state index in [0.717, 1.165) is 12.8 Å². The summed E-state index contributed by atoms with van der Waals surface area (Å²) in [7, 11) is 0. The summed E-state index contributed by atoms with van der Waals surface area (Å²) < 4.78 is 5.11. The molecule has 2 nitrogen and oxygen atoms in total. The molecule has 0 unspecified atom stereocenters. The predicted molar refractivity (Wildman–Crippen MR) is 45.3 cm³/mol. The lowest BCUT2D eigenvalue weighted by Crippen LogP contribution is -2.22. The van der Waals surface area contributed by atoms with Crippen molar-refractivity contribution in [3.63, 3.8) is 0 Å². The molecule has 0 fully saturated rings.